The second-order valence-corrected chi connectivity index (χ2v) is 5.02. The highest BCUT2D eigenvalue weighted by Crippen LogP contribution is 2.18. The quantitative estimate of drug-likeness (QED) is 0.833. The number of hydrogen-bond donors (Lipinski definition) is 1. The van der Waals surface area contributed by atoms with E-state index in [4.69, 9.17) is 10.5 Å². The van der Waals surface area contributed by atoms with Gasteiger partial charge in [0.2, 0.25) is 0 Å². The molecule has 1 saturated heterocycles. The molecule has 0 radical (unpaired) electrons. The smallest absolute Gasteiger partial charge is 0.138 e. The molecule has 2 heterocycles. The van der Waals surface area contributed by atoms with E-state index in [0.717, 1.165) is 38.2 Å². The van der Waals surface area contributed by atoms with E-state index in [0.29, 0.717) is 6.10 Å². The first-order valence-electron chi connectivity index (χ1n) is 7.03. The molecule has 0 spiro atoms. The van der Waals surface area contributed by atoms with Crippen LogP contribution in [0.3, 0.4) is 0 Å². The van der Waals surface area contributed by atoms with Crippen molar-refractivity contribution in [1.29, 1.82) is 0 Å². The van der Waals surface area contributed by atoms with Gasteiger partial charge in [-0.2, -0.15) is 5.10 Å². The van der Waals surface area contributed by atoms with Crippen molar-refractivity contribution in [2.45, 2.75) is 64.1 Å². The Hall–Kier alpha value is -0.940. The summed E-state index contributed by atoms with van der Waals surface area (Å²) in [6, 6.07) is 0.157. The highest BCUT2D eigenvalue weighted by Gasteiger charge is 2.16. The van der Waals surface area contributed by atoms with E-state index in [2.05, 4.69) is 17.0 Å². The summed E-state index contributed by atoms with van der Waals surface area (Å²) < 4.78 is 7.63. The van der Waals surface area contributed by atoms with E-state index in [9.17, 15) is 0 Å². The number of nitrogens with zero attached hydrogens (tertiary/aromatic N) is 3. The first-order chi connectivity index (χ1) is 8.79. The molecule has 2 atom stereocenters. The molecule has 18 heavy (non-hydrogen) atoms. The molecule has 5 heteroatoms. The van der Waals surface area contributed by atoms with Crippen molar-refractivity contribution in [3.63, 3.8) is 0 Å². The summed E-state index contributed by atoms with van der Waals surface area (Å²) in [5.74, 6) is 0.995. The Morgan fingerprint density at radius 2 is 2.44 bits per heavy atom. The van der Waals surface area contributed by atoms with Crippen LogP contribution >= 0.6 is 0 Å². The van der Waals surface area contributed by atoms with Crippen molar-refractivity contribution in [3.05, 3.63) is 12.2 Å². The topological polar surface area (TPSA) is 66.0 Å². The predicted octanol–water partition coefficient (Wildman–Crippen LogP) is 1.52. The third kappa shape index (κ3) is 3.78. The van der Waals surface area contributed by atoms with Gasteiger partial charge in [0.05, 0.1) is 6.10 Å². The molecule has 1 aromatic heterocycles. The van der Waals surface area contributed by atoms with Crippen LogP contribution in [0, 0.1) is 0 Å². The van der Waals surface area contributed by atoms with Gasteiger partial charge in [0.25, 0.3) is 0 Å². The normalized spacial score (nSPS) is 22.0. The Kier molecular flexibility index (Phi) is 5.13. The van der Waals surface area contributed by atoms with Crippen LogP contribution in [0.25, 0.3) is 0 Å². The molecule has 1 aliphatic heterocycles. The fourth-order valence-corrected chi connectivity index (χ4v) is 2.48. The number of ether oxygens (including phenoxy) is 1. The zero-order valence-corrected chi connectivity index (χ0v) is 11.2. The minimum Gasteiger partial charge on any atom is -0.378 e. The van der Waals surface area contributed by atoms with E-state index < -0.39 is 0 Å². The third-order valence-corrected chi connectivity index (χ3v) is 3.57. The number of hydrogen-bond acceptors (Lipinski definition) is 4. The molecule has 5 nitrogen and oxygen atoms in total. The van der Waals surface area contributed by atoms with E-state index in [1.807, 2.05) is 4.68 Å². The molecule has 0 bridgehead atoms. The average molecular weight is 252 g/mol. The number of aromatic nitrogens is 3. The van der Waals surface area contributed by atoms with Gasteiger partial charge in [0.1, 0.15) is 12.2 Å². The molecule has 1 aromatic rings. The maximum atomic E-state index is 6.17. The fraction of sp³-hybridized carbons (Fsp3) is 0.846. The van der Waals surface area contributed by atoms with Gasteiger partial charge < -0.3 is 10.5 Å². The van der Waals surface area contributed by atoms with Crippen LogP contribution in [-0.4, -0.2) is 33.5 Å². The van der Waals surface area contributed by atoms with Crippen molar-refractivity contribution >= 4 is 0 Å². The molecule has 2 unspecified atom stereocenters. The zero-order chi connectivity index (χ0) is 12.8. The number of nitrogens with two attached hydrogens (primary N) is 1. The summed E-state index contributed by atoms with van der Waals surface area (Å²) in [6.07, 6.45) is 8.61. The van der Waals surface area contributed by atoms with Crippen molar-refractivity contribution < 1.29 is 4.74 Å². The SMILES string of the molecule is CCn1ncnc1CC(N)CCC1CCCCO1. The maximum Gasteiger partial charge on any atom is 0.138 e. The average Bonchev–Trinajstić information content (AvgIpc) is 2.85. The molecule has 0 aliphatic carbocycles. The monoisotopic (exact) mass is 252 g/mol. The molecular weight excluding hydrogens is 228 g/mol. The lowest BCUT2D eigenvalue weighted by Crippen LogP contribution is -2.28. The zero-order valence-electron chi connectivity index (χ0n) is 11.2. The Bertz CT molecular complexity index is 347. The van der Waals surface area contributed by atoms with Gasteiger partial charge in [-0.1, -0.05) is 0 Å². The van der Waals surface area contributed by atoms with Gasteiger partial charge >= 0.3 is 0 Å². The standard InChI is InChI=1S/C13H24N4O/c1-2-17-13(15-10-16-17)9-11(14)6-7-12-5-3-4-8-18-12/h10-12H,2-9,14H2,1H3. The van der Waals surface area contributed by atoms with Gasteiger partial charge in [-0.25, -0.2) is 4.98 Å². The van der Waals surface area contributed by atoms with Gasteiger partial charge in [-0.05, 0) is 39.0 Å². The molecule has 1 fully saturated rings. The molecule has 2 rings (SSSR count). The number of aryl methyl sites for hydroxylation is 1. The van der Waals surface area contributed by atoms with Crippen molar-refractivity contribution in [3.8, 4) is 0 Å². The Morgan fingerprint density at radius 1 is 1.56 bits per heavy atom. The Morgan fingerprint density at radius 3 is 3.17 bits per heavy atom. The Labute approximate surface area is 109 Å². The molecular formula is C13H24N4O. The van der Waals surface area contributed by atoms with Crippen molar-refractivity contribution in [2.24, 2.45) is 5.73 Å². The van der Waals surface area contributed by atoms with E-state index in [1.54, 1.807) is 6.33 Å². The number of rotatable bonds is 6. The van der Waals surface area contributed by atoms with Crippen LogP contribution in [0.1, 0.15) is 44.9 Å². The van der Waals surface area contributed by atoms with Crippen LogP contribution in [0.5, 0.6) is 0 Å². The molecule has 2 N–H and O–H groups in total. The van der Waals surface area contributed by atoms with E-state index in [1.165, 1.54) is 19.3 Å². The minimum absolute atomic E-state index is 0.157. The highest BCUT2D eigenvalue weighted by molar-refractivity contribution is 4.89. The third-order valence-electron chi connectivity index (χ3n) is 3.57. The minimum atomic E-state index is 0.157. The lowest BCUT2D eigenvalue weighted by molar-refractivity contribution is 0.00912. The van der Waals surface area contributed by atoms with Crippen LogP contribution < -0.4 is 5.73 Å². The second-order valence-electron chi connectivity index (χ2n) is 5.02. The second kappa shape index (κ2) is 6.85. The lowest BCUT2D eigenvalue weighted by atomic mass is 10.0. The molecule has 0 saturated carbocycles. The molecule has 102 valence electrons. The highest BCUT2D eigenvalue weighted by atomic mass is 16.5. The van der Waals surface area contributed by atoms with Gasteiger partial charge in [0, 0.05) is 25.6 Å². The van der Waals surface area contributed by atoms with Crippen LogP contribution in [0.15, 0.2) is 6.33 Å². The summed E-state index contributed by atoms with van der Waals surface area (Å²) in [5.41, 5.74) is 6.17. The lowest BCUT2D eigenvalue weighted by Gasteiger charge is -2.23. The summed E-state index contributed by atoms with van der Waals surface area (Å²) in [4.78, 5) is 4.26. The molecule has 0 aromatic carbocycles. The predicted molar refractivity (Wildman–Crippen MR) is 70.2 cm³/mol. The Balaban J connectivity index is 1.72. The van der Waals surface area contributed by atoms with E-state index in [-0.39, 0.29) is 6.04 Å². The van der Waals surface area contributed by atoms with E-state index >= 15 is 0 Å². The van der Waals surface area contributed by atoms with Crippen LogP contribution in [-0.2, 0) is 17.7 Å². The largest absolute Gasteiger partial charge is 0.378 e. The van der Waals surface area contributed by atoms with Gasteiger partial charge in [-0.3, -0.25) is 4.68 Å². The maximum absolute atomic E-state index is 6.17. The van der Waals surface area contributed by atoms with Gasteiger partial charge in [-0.15, -0.1) is 0 Å². The fourth-order valence-electron chi connectivity index (χ4n) is 2.48. The summed E-state index contributed by atoms with van der Waals surface area (Å²) in [7, 11) is 0. The molecule has 1 aliphatic rings. The summed E-state index contributed by atoms with van der Waals surface area (Å²) >= 11 is 0. The first-order valence-corrected chi connectivity index (χ1v) is 7.03. The summed E-state index contributed by atoms with van der Waals surface area (Å²) in [6.45, 7) is 3.84. The molecule has 0 amide bonds. The first kappa shape index (κ1) is 13.5. The van der Waals surface area contributed by atoms with Crippen molar-refractivity contribution in [1.82, 2.24) is 14.8 Å². The van der Waals surface area contributed by atoms with Gasteiger partial charge in [0.15, 0.2) is 0 Å². The summed E-state index contributed by atoms with van der Waals surface area (Å²) in [5, 5.41) is 4.16. The van der Waals surface area contributed by atoms with Crippen LogP contribution in [0.4, 0.5) is 0 Å². The van der Waals surface area contributed by atoms with Crippen molar-refractivity contribution in [2.75, 3.05) is 6.61 Å². The van der Waals surface area contributed by atoms with Crippen LogP contribution in [0.2, 0.25) is 0 Å².